The molecule has 0 bridgehead atoms. The molecule has 0 saturated heterocycles. The summed E-state index contributed by atoms with van der Waals surface area (Å²) in [6, 6.07) is 9.57. The molecule has 0 aromatic heterocycles. The molecule has 1 N–H and O–H groups in total. The van der Waals surface area contributed by atoms with Crippen LogP contribution in [0, 0.1) is 5.92 Å². The zero-order valence-corrected chi connectivity index (χ0v) is 14.4. The quantitative estimate of drug-likeness (QED) is 0.815. The molecule has 0 radical (unpaired) electrons. The molecule has 0 saturated carbocycles. The van der Waals surface area contributed by atoms with Crippen molar-refractivity contribution in [2.24, 2.45) is 5.92 Å². The lowest BCUT2D eigenvalue weighted by Gasteiger charge is -2.39. The largest absolute Gasteiger partial charge is 0.368 e. The first-order chi connectivity index (χ1) is 9.87. The van der Waals surface area contributed by atoms with E-state index in [2.05, 4.69) is 69.1 Å². The van der Waals surface area contributed by atoms with Crippen molar-refractivity contribution in [3.05, 3.63) is 29.8 Å². The van der Waals surface area contributed by atoms with Crippen molar-refractivity contribution in [3.63, 3.8) is 0 Å². The highest BCUT2D eigenvalue weighted by molar-refractivity contribution is 5.56. The van der Waals surface area contributed by atoms with Gasteiger partial charge in [-0.2, -0.15) is 0 Å². The number of nitrogens with one attached hydrogen (secondary N) is 1. The Hall–Kier alpha value is -1.02. The van der Waals surface area contributed by atoms with E-state index in [1.54, 1.807) is 0 Å². The maximum absolute atomic E-state index is 3.59. The number of para-hydroxylation sites is 1. The van der Waals surface area contributed by atoms with Gasteiger partial charge in [-0.05, 0) is 71.0 Å². The SMILES string of the molecule is CC1Cc2ccccc2N(C(C)CCCNC(C)(C)C)C1. The van der Waals surface area contributed by atoms with Gasteiger partial charge in [0, 0.05) is 23.8 Å². The Morgan fingerprint density at radius 2 is 2.00 bits per heavy atom. The third-order valence-corrected chi connectivity index (χ3v) is 4.36. The first-order valence-corrected chi connectivity index (χ1v) is 8.46. The molecule has 2 heteroatoms. The van der Waals surface area contributed by atoms with E-state index >= 15 is 0 Å². The molecule has 1 aliphatic rings. The molecule has 2 atom stereocenters. The minimum Gasteiger partial charge on any atom is -0.368 e. The van der Waals surface area contributed by atoms with E-state index in [-0.39, 0.29) is 5.54 Å². The number of hydrogen-bond donors (Lipinski definition) is 1. The van der Waals surface area contributed by atoms with Gasteiger partial charge in [-0.25, -0.2) is 0 Å². The summed E-state index contributed by atoms with van der Waals surface area (Å²) in [6.07, 6.45) is 3.72. The molecule has 0 spiro atoms. The Morgan fingerprint density at radius 1 is 1.29 bits per heavy atom. The zero-order valence-electron chi connectivity index (χ0n) is 14.4. The van der Waals surface area contributed by atoms with Crippen LogP contribution in [-0.2, 0) is 6.42 Å². The topological polar surface area (TPSA) is 15.3 Å². The van der Waals surface area contributed by atoms with Crippen LogP contribution in [0.4, 0.5) is 5.69 Å². The summed E-state index contributed by atoms with van der Waals surface area (Å²) in [4.78, 5) is 2.63. The number of nitrogens with zero attached hydrogens (tertiary/aromatic N) is 1. The van der Waals surface area contributed by atoms with E-state index in [9.17, 15) is 0 Å². The van der Waals surface area contributed by atoms with Gasteiger partial charge in [-0.1, -0.05) is 25.1 Å². The fraction of sp³-hybridized carbons (Fsp3) is 0.684. The molecule has 0 fully saturated rings. The summed E-state index contributed by atoms with van der Waals surface area (Å²) in [7, 11) is 0. The average Bonchev–Trinajstić information content (AvgIpc) is 2.41. The summed E-state index contributed by atoms with van der Waals surface area (Å²) in [5, 5.41) is 3.59. The van der Waals surface area contributed by atoms with Crippen molar-refractivity contribution in [2.75, 3.05) is 18.0 Å². The Kier molecular flexibility index (Phi) is 5.32. The molecule has 1 aliphatic heterocycles. The van der Waals surface area contributed by atoms with Crippen LogP contribution in [0.15, 0.2) is 24.3 Å². The van der Waals surface area contributed by atoms with Crippen LogP contribution in [-0.4, -0.2) is 24.7 Å². The normalized spacial score (nSPS) is 20.2. The van der Waals surface area contributed by atoms with E-state index in [1.165, 1.54) is 37.1 Å². The predicted molar refractivity (Wildman–Crippen MR) is 93.1 cm³/mol. The van der Waals surface area contributed by atoms with Crippen molar-refractivity contribution in [1.29, 1.82) is 0 Å². The maximum Gasteiger partial charge on any atom is 0.0401 e. The summed E-state index contributed by atoms with van der Waals surface area (Å²) in [5.41, 5.74) is 3.22. The van der Waals surface area contributed by atoms with E-state index in [1.807, 2.05) is 0 Å². The number of fused-ring (bicyclic) bond motifs is 1. The van der Waals surface area contributed by atoms with Crippen molar-refractivity contribution < 1.29 is 0 Å². The first-order valence-electron chi connectivity index (χ1n) is 8.46. The molecule has 21 heavy (non-hydrogen) atoms. The second kappa shape index (κ2) is 6.83. The Morgan fingerprint density at radius 3 is 2.71 bits per heavy atom. The van der Waals surface area contributed by atoms with Crippen LogP contribution in [0.25, 0.3) is 0 Å². The van der Waals surface area contributed by atoms with Crippen molar-refractivity contribution in [1.82, 2.24) is 5.32 Å². The van der Waals surface area contributed by atoms with Gasteiger partial charge in [0.2, 0.25) is 0 Å². The fourth-order valence-electron chi connectivity index (χ4n) is 3.27. The van der Waals surface area contributed by atoms with Gasteiger partial charge in [0.1, 0.15) is 0 Å². The number of benzene rings is 1. The number of anilines is 1. The van der Waals surface area contributed by atoms with Gasteiger partial charge < -0.3 is 10.2 Å². The van der Waals surface area contributed by atoms with Gasteiger partial charge in [0.15, 0.2) is 0 Å². The highest BCUT2D eigenvalue weighted by Gasteiger charge is 2.24. The van der Waals surface area contributed by atoms with Crippen LogP contribution >= 0.6 is 0 Å². The lowest BCUT2D eigenvalue weighted by Crippen LogP contribution is -2.41. The van der Waals surface area contributed by atoms with E-state index in [4.69, 9.17) is 0 Å². The monoisotopic (exact) mass is 288 g/mol. The van der Waals surface area contributed by atoms with E-state index in [0.717, 1.165) is 12.5 Å². The van der Waals surface area contributed by atoms with Crippen LogP contribution in [0.3, 0.4) is 0 Å². The third kappa shape index (κ3) is 4.74. The summed E-state index contributed by atoms with van der Waals surface area (Å²) < 4.78 is 0. The number of hydrogen-bond acceptors (Lipinski definition) is 2. The molecule has 2 rings (SSSR count). The van der Waals surface area contributed by atoms with Gasteiger partial charge in [0.05, 0.1) is 0 Å². The van der Waals surface area contributed by atoms with Gasteiger partial charge >= 0.3 is 0 Å². The molecular weight excluding hydrogens is 256 g/mol. The molecule has 2 nitrogen and oxygen atoms in total. The second-order valence-electron chi connectivity index (χ2n) is 7.76. The fourth-order valence-corrected chi connectivity index (χ4v) is 3.27. The van der Waals surface area contributed by atoms with Crippen molar-refractivity contribution in [3.8, 4) is 0 Å². The van der Waals surface area contributed by atoms with E-state index in [0.29, 0.717) is 6.04 Å². The zero-order chi connectivity index (χ0) is 15.5. The van der Waals surface area contributed by atoms with Crippen LogP contribution in [0.2, 0.25) is 0 Å². The Bertz CT molecular complexity index is 447. The Labute approximate surface area is 130 Å². The Balaban J connectivity index is 1.92. The highest BCUT2D eigenvalue weighted by Crippen LogP contribution is 2.31. The maximum atomic E-state index is 3.59. The average molecular weight is 288 g/mol. The van der Waals surface area contributed by atoms with Gasteiger partial charge in [-0.15, -0.1) is 0 Å². The molecule has 118 valence electrons. The summed E-state index contributed by atoms with van der Waals surface area (Å²) in [5.74, 6) is 0.759. The van der Waals surface area contributed by atoms with Gasteiger partial charge in [0.25, 0.3) is 0 Å². The third-order valence-electron chi connectivity index (χ3n) is 4.36. The molecule has 2 unspecified atom stereocenters. The number of rotatable bonds is 5. The molecule has 1 aromatic rings. The summed E-state index contributed by atoms with van der Waals surface area (Å²) >= 11 is 0. The first kappa shape index (κ1) is 16.4. The minimum absolute atomic E-state index is 0.232. The smallest absolute Gasteiger partial charge is 0.0401 e. The summed E-state index contributed by atoms with van der Waals surface area (Å²) in [6.45, 7) is 13.8. The van der Waals surface area contributed by atoms with Crippen LogP contribution < -0.4 is 10.2 Å². The lowest BCUT2D eigenvalue weighted by atomic mass is 9.92. The van der Waals surface area contributed by atoms with E-state index < -0.39 is 0 Å². The second-order valence-corrected chi connectivity index (χ2v) is 7.76. The van der Waals surface area contributed by atoms with Crippen molar-refractivity contribution in [2.45, 2.75) is 65.5 Å². The standard InChI is InChI=1S/C19H32N2/c1-15-13-17-10-6-7-11-18(17)21(14-15)16(2)9-8-12-20-19(3,4)5/h6-7,10-11,15-16,20H,8-9,12-14H2,1-5H3. The molecule has 0 amide bonds. The molecule has 1 heterocycles. The lowest BCUT2D eigenvalue weighted by molar-refractivity contribution is 0.406. The minimum atomic E-state index is 0.232. The highest BCUT2D eigenvalue weighted by atomic mass is 15.2. The predicted octanol–water partition coefficient (Wildman–Crippen LogP) is 4.24. The molecule has 0 aliphatic carbocycles. The van der Waals surface area contributed by atoms with Gasteiger partial charge in [-0.3, -0.25) is 0 Å². The molecular formula is C19H32N2. The van der Waals surface area contributed by atoms with Crippen LogP contribution in [0.1, 0.15) is 53.0 Å². The van der Waals surface area contributed by atoms with Crippen LogP contribution in [0.5, 0.6) is 0 Å². The molecule has 1 aromatic carbocycles. The van der Waals surface area contributed by atoms with Crippen molar-refractivity contribution >= 4 is 5.69 Å².